The van der Waals surface area contributed by atoms with E-state index in [1.54, 1.807) is 19.2 Å². The number of thiophene rings is 1. The Morgan fingerprint density at radius 1 is 1.45 bits per heavy atom. The van der Waals surface area contributed by atoms with Crippen molar-refractivity contribution in [2.24, 2.45) is 0 Å². The molecule has 6 heteroatoms. The van der Waals surface area contributed by atoms with Gasteiger partial charge in [-0.2, -0.15) is 0 Å². The highest BCUT2D eigenvalue weighted by Gasteiger charge is 2.16. The number of rotatable bonds is 4. The molecule has 0 unspecified atom stereocenters. The lowest BCUT2D eigenvalue weighted by Gasteiger charge is -2.17. The summed E-state index contributed by atoms with van der Waals surface area (Å²) in [5.74, 6) is 4.87. The third kappa shape index (κ3) is 5.03. The molecular formula is C14H18N2O3S. The number of aliphatic hydroxyl groups is 1. The Balaban J connectivity index is 2.65. The van der Waals surface area contributed by atoms with Gasteiger partial charge in [0.2, 0.25) is 5.91 Å². The van der Waals surface area contributed by atoms with Crippen molar-refractivity contribution < 1.29 is 14.7 Å². The summed E-state index contributed by atoms with van der Waals surface area (Å²) in [6.45, 7) is 3.54. The maximum absolute atomic E-state index is 12.1. The summed E-state index contributed by atoms with van der Waals surface area (Å²) in [5, 5.41) is 11.3. The molecule has 20 heavy (non-hydrogen) atoms. The highest BCUT2D eigenvalue weighted by Crippen LogP contribution is 2.17. The maximum Gasteiger partial charge on any atom is 0.264 e. The van der Waals surface area contributed by atoms with E-state index in [0.29, 0.717) is 9.75 Å². The van der Waals surface area contributed by atoms with Crippen molar-refractivity contribution in [3.8, 4) is 11.8 Å². The first-order chi connectivity index (χ1) is 9.43. The first-order valence-electron chi connectivity index (χ1n) is 6.18. The molecule has 0 aliphatic carbocycles. The molecule has 2 amide bonds. The van der Waals surface area contributed by atoms with Gasteiger partial charge in [-0.1, -0.05) is 11.8 Å². The van der Waals surface area contributed by atoms with Crippen molar-refractivity contribution in [1.29, 1.82) is 0 Å². The lowest BCUT2D eigenvalue weighted by atomic mass is 10.3. The van der Waals surface area contributed by atoms with Crippen molar-refractivity contribution in [3.05, 3.63) is 21.9 Å². The van der Waals surface area contributed by atoms with E-state index in [1.165, 1.54) is 16.2 Å². The summed E-state index contributed by atoms with van der Waals surface area (Å²) >= 11 is 1.24. The van der Waals surface area contributed by atoms with Gasteiger partial charge in [-0.15, -0.1) is 11.3 Å². The minimum absolute atomic E-state index is 0.0204. The van der Waals surface area contributed by atoms with E-state index in [1.807, 2.05) is 13.8 Å². The molecule has 0 radical (unpaired) electrons. The van der Waals surface area contributed by atoms with Crippen molar-refractivity contribution in [1.82, 2.24) is 10.2 Å². The highest BCUT2D eigenvalue weighted by atomic mass is 32.1. The topological polar surface area (TPSA) is 69.6 Å². The molecule has 0 spiro atoms. The van der Waals surface area contributed by atoms with Gasteiger partial charge in [0.15, 0.2) is 0 Å². The molecule has 1 aromatic rings. The molecule has 0 aliphatic rings. The zero-order valence-corrected chi connectivity index (χ0v) is 12.6. The van der Waals surface area contributed by atoms with Gasteiger partial charge in [0, 0.05) is 13.1 Å². The van der Waals surface area contributed by atoms with Gasteiger partial charge in [-0.25, -0.2) is 0 Å². The molecule has 0 saturated heterocycles. The van der Waals surface area contributed by atoms with E-state index in [-0.39, 0.29) is 31.0 Å². The van der Waals surface area contributed by atoms with Crippen LogP contribution in [0, 0.1) is 11.8 Å². The molecule has 2 N–H and O–H groups in total. The number of carbonyl (C=O) groups excluding carboxylic acids is 2. The summed E-state index contributed by atoms with van der Waals surface area (Å²) in [7, 11) is 1.58. The minimum Gasteiger partial charge on any atom is -0.384 e. The van der Waals surface area contributed by atoms with E-state index in [2.05, 4.69) is 17.2 Å². The molecule has 1 heterocycles. The van der Waals surface area contributed by atoms with E-state index < -0.39 is 0 Å². The van der Waals surface area contributed by atoms with Crippen LogP contribution in [-0.4, -0.2) is 48.1 Å². The Morgan fingerprint density at radius 2 is 2.15 bits per heavy atom. The molecular weight excluding hydrogens is 276 g/mol. The second-order valence-corrected chi connectivity index (χ2v) is 5.59. The fourth-order valence-electron chi connectivity index (χ4n) is 1.49. The molecule has 0 bridgehead atoms. The van der Waals surface area contributed by atoms with Crippen molar-refractivity contribution in [2.75, 3.05) is 20.2 Å². The maximum atomic E-state index is 12.1. The monoisotopic (exact) mass is 294 g/mol. The number of carbonyl (C=O) groups is 2. The van der Waals surface area contributed by atoms with E-state index in [9.17, 15) is 9.59 Å². The number of hydrogen-bond donors (Lipinski definition) is 2. The first kappa shape index (κ1) is 16.2. The zero-order valence-electron chi connectivity index (χ0n) is 11.8. The molecule has 5 nitrogen and oxygen atoms in total. The van der Waals surface area contributed by atoms with Gasteiger partial charge in [-0.3, -0.25) is 9.59 Å². The summed E-state index contributed by atoms with van der Waals surface area (Å²) < 4.78 is 0. The Hall–Kier alpha value is -1.84. The number of amides is 2. The van der Waals surface area contributed by atoms with E-state index in [4.69, 9.17) is 5.11 Å². The third-order valence-corrected chi connectivity index (χ3v) is 3.27. The van der Waals surface area contributed by atoms with E-state index >= 15 is 0 Å². The largest absolute Gasteiger partial charge is 0.384 e. The number of nitrogens with zero attached hydrogens (tertiary/aromatic N) is 1. The minimum atomic E-state index is -0.217. The summed E-state index contributed by atoms with van der Waals surface area (Å²) in [4.78, 5) is 26.3. The summed E-state index contributed by atoms with van der Waals surface area (Å²) in [6, 6.07) is 3.45. The second kappa shape index (κ2) is 7.68. The zero-order chi connectivity index (χ0) is 15.1. The molecule has 108 valence electrons. The highest BCUT2D eigenvalue weighted by molar-refractivity contribution is 7.14. The lowest BCUT2D eigenvalue weighted by Crippen LogP contribution is -2.40. The predicted molar refractivity (Wildman–Crippen MR) is 78.5 cm³/mol. The fourth-order valence-corrected chi connectivity index (χ4v) is 2.37. The van der Waals surface area contributed by atoms with Gasteiger partial charge in [0.05, 0.1) is 16.3 Å². The van der Waals surface area contributed by atoms with Crippen LogP contribution in [0.3, 0.4) is 0 Å². The van der Waals surface area contributed by atoms with Crippen molar-refractivity contribution in [2.45, 2.75) is 19.9 Å². The van der Waals surface area contributed by atoms with Crippen LogP contribution < -0.4 is 5.32 Å². The fraction of sp³-hybridized carbons (Fsp3) is 0.429. The average molecular weight is 294 g/mol. The van der Waals surface area contributed by atoms with E-state index in [0.717, 1.165) is 0 Å². The molecule has 0 saturated carbocycles. The van der Waals surface area contributed by atoms with Crippen LogP contribution in [0.5, 0.6) is 0 Å². The average Bonchev–Trinajstić information content (AvgIpc) is 2.82. The molecule has 0 fully saturated rings. The summed E-state index contributed by atoms with van der Waals surface area (Å²) in [5.41, 5.74) is 0. The van der Waals surface area contributed by atoms with Crippen molar-refractivity contribution >= 4 is 23.2 Å². The smallest absolute Gasteiger partial charge is 0.264 e. The Labute approximate surface area is 122 Å². The number of nitrogens with one attached hydrogen (secondary N) is 1. The van der Waals surface area contributed by atoms with Crippen LogP contribution in [0.1, 0.15) is 28.4 Å². The van der Waals surface area contributed by atoms with Gasteiger partial charge < -0.3 is 15.3 Å². The quantitative estimate of drug-likeness (QED) is 0.803. The van der Waals surface area contributed by atoms with Crippen LogP contribution in [-0.2, 0) is 4.79 Å². The van der Waals surface area contributed by atoms with Gasteiger partial charge in [0.1, 0.15) is 6.61 Å². The SMILES string of the molecule is CC(C)NC(=O)CN(C)C(=O)c1ccc(C#CCO)s1. The normalized spacial score (nSPS) is 9.85. The number of hydrogen-bond acceptors (Lipinski definition) is 4. The molecule has 0 atom stereocenters. The Bertz CT molecular complexity index is 540. The molecule has 1 rings (SSSR count). The standard InChI is InChI=1S/C14H18N2O3S/c1-10(2)15-13(18)9-16(3)14(19)12-7-6-11(20-12)5-4-8-17/h6-7,10,17H,8-9H2,1-3H3,(H,15,18). The van der Waals surface area contributed by atoms with Crippen LogP contribution >= 0.6 is 11.3 Å². The van der Waals surface area contributed by atoms with Gasteiger partial charge in [-0.05, 0) is 26.0 Å². The van der Waals surface area contributed by atoms with Gasteiger partial charge in [0.25, 0.3) is 5.91 Å². The lowest BCUT2D eigenvalue weighted by molar-refractivity contribution is -0.122. The van der Waals surface area contributed by atoms with Crippen LogP contribution in [0.25, 0.3) is 0 Å². The summed E-state index contributed by atoms with van der Waals surface area (Å²) in [6.07, 6.45) is 0. The molecule has 0 aromatic carbocycles. The third-order valence-electron chi connectivity index (χ3n) is 2.28. The molecule has 0 aliphatic heterocycles. The van der Waals surface area contributed by atoms with Crippen LogP contribution in [0.2, 0.25) is 0 Å². The van der Waals surface area contributed by atoms with Crippen LogP contribution in [0.4, 0.5) is 0 Å². The number of likely N-dealkylation sites (N-methyl/N-ethyl adjacent to an activating group) is 1. The molecule has 1 aromatic heterocycles. The first-order valence-corrected chi connectivity index (χ1v) is 7.00. The predicted octanol–water partition coefficient (Wildman–Crippen LogP) is 0.688. The van der Waals surface area contributed by atoms with Crippen molar-refractivity contribution in [3.63, 3.8) is 0 Å². The Morgan fingerprint density at radius 3 is 2.75 bits per heavy atom. The number of aliphatic hydroxyl groups excluding tert-OH is 1. The van der Waals surface area contributed by atoms with Crippen LogP contribution in [0.15, 0.2) is 12.1 Å². The second-order valence-electron chi connectivity index (χ2n) is 4.51. The Kier molecular flexibility index (Phi) is 6.22. The van der Waals surface area contributed by atoms with Gasteiger partial charge >= 0.3 is 0 Å².